The van der Waals surface area contributed by atoms with Crippen molar-refractivity contribution in [2.24, 2.45) is 5.92 Å². The molecule has 0 spiro atoms. The molecular weight excluding hydrogens is 286 g/mol. The number of hydroxylamine groups is 1. The van der Waals surface area contributed by atoms with Gasteiger partial charge >= 0.3 is 11.9 Å². The first kappa shape index (κ1) is 18.2. The van der Waals surface area contributed by atoms with E-state index in [2.05, 4.69) is 17.6 Å². The molecule has 124 valence electrons. The summed E-state index contributed by atoms with van der Waals surface area (Å²) in [6.45, 7) is 0. The Labute approximate surface area is 130 Å². The van der Waals surface area contributed by atoms with E-state index in [-0.39, 0.29) is 6.42 Å². The molecule has 0 unspecified atom stereocenters. The molecule has 0 saturated heterocycles. The molecule has 0 aliphatic heterocycles. The van der Waals surface area contributed by atoms with E-state index in [4.69, 9.17) is 15.1 Å². The molecule has 0 saturated carbocycles. The Morgan fingerprint density at radius 3 is 2.41 bits per heavy atom. The Morgan fingerprint density at radius 2 is 1.77 bits per heavy atom. The van der Waals surface area contributed by atoms with Crippen molar-refractivity contribution in [2.45, 2.75) is 51.4 Å². The van der Waals surface area contributed by atoms with Crippen molar-refractivity contribution in [3.05, 3.63) is 23.4 Å². The molecule has 0 atom stereocenters. The third-order valence-electron chi connectivity index (χ3n) is 3.78. The van der Waals surface area contributed by atoms with Crippen LogP contribution in [-0.4, -0.2) is 29.3 Å². The molecule has 0 aromatic carbocycles. The fourth-order valence-corrected chi connectivity index (χ4v) is 2.56. The van der Waals surface area contributed by atoms with Crippen molar-refractivity contribution in [1.29, 1.82) is 0 Å². The molecule has 0 amide bonds. The molecule has 3 N–H and O–H groups in total. The van der Waals surface area contributed by atoms with Crippen LogP contribution in [0.3, 0.4) is 0 Å². The molecule has 0 bridgehead atoms. The van der Waals surface area contributed by atoms with E-state index in [0.29, 0.717) is 6.42 Å². The fourth-order valence-electron chi connectivity index (χ4n) is 2.56. The number of unbranched alkanes of at least 4 members (excludes halogenated alkanes) is 4. The number of aliphatic carboxylic acids is 2. The van der Waals surface area contributed by atoms with E-state index in [9.17, 15) is 9.59 Å². The Balaban J connectivity index is 2.08. The van der Waals surface area contributed by atoms with Gasteiger partial charge in [0, 0.05) is 0 Å². The second-order valence-corrected chi connectivity index (χ2v) is 5.42. The maximum absolute atomic E-state index is 10.7. The van der Waals surface area contributed by atoms with Crippen LogP contribution < -0.4 is 5.48 Å². The minimum Gasteiger partial charge on any atom is -0.481 e. The van der Waals surface area contributed by atoms with Crippen LogP contribution >= 0.6 is 0 Å². The molecular formula is C16H25NO5. The van der Waals surface area contributed by atoms with Gasteiger partial charge in [-0.2, -0.15) is 0 Å². The molecule has 22 heavy (non-hydrogen) atoms. The predicted molar refractivity (Wildman–Crippen MR) is 82.0 cm³/mol. The fraction of sp³-hybridized carbons (Fsp3) is 0.625. The van der Waals surface area contributed by atoms with Gasteiger partial charge in [-0.3, -0.25) is 19.9 Å². The maximum atomic E-state index is 10.7. The molecule has 0 aromatic heterocycles. The molecule has 0 aromatic rings. The summed E-state index contributed by atoms with van der Waals surface area (Å²) >= 11 is 0. The topological polar surface area (TPSA) is 95.9 Å². The number of rotatable bonds is 12. The molecule has 0 fully saturated rings. The quantitative estimate of drug-likeness (QED) is 0.291. The average molecular weight is 311 g/mol. The SMILES string of the molecule is CONC1=CCC=C1CCCCCCCC(C(=O)O)C(=O)O. The van der Waals surface area contributed by atoms with Gasteiger partial charge in [0.15, 0.2) is 5.92 Å². The maximum Gasteiger partial charge on any atom is 0.317 e. The van der Waals surface area contributed by atoms with Crippen LogP contribution in [0.2, 0.25) is 0 Å². The molecule has 0 radical (unpaired) electrons. The van der Waals surface area contributed by atoms with Gasteiger partial charge in [0.25, 0.3) is 0 Å². The van der Waals surface area contributed by atoms with Gasteiger partial charge in [0.2, 0.25) is 0 Å². The van der Waals surface area contributed by atoms with E-state index in [1.165, 1.54) is 5.57 Å². The highest BCUT2D eigenvalue weighted by atomic mass is 16.6. The van der Waals surface area contributed by atoms with Crippen LogP contribution in [-0.2, 0) is 14.4 Å². The van der Waals surface area contributed by atoms with Crippen molar-refractivity contribution in [2.75, 3.05) is 7.11 Å². The molecule has 0 heterocycles. The van der Waals surface area contributed by atoms with E-state index < -0.39 is 17.9 Å². The smallest absolute Gasteiger partial charge is 0.317 e. The normalized spacial score (nSPS) is 13.9. The minimum atomic E-state index is -1.27. The summed E-state index contributed by atoms with van der Waals surface area (Å²) in [6.07, 6.45) is 11.1. The lowest BCUT2D eigenvalue weighted by Gasteiger charge is -2.10. The summed E-state index contributed by atoms with van der Waals surface area (Å²) in [6, 6.07) is 0. The standard InChI is InChI=1S/C16H25NO5/c1-22-17-14-11-7-9-12(14)8-5-3-2-4-6-10-13(15(18)19)16(20)21/h9,11,13,17H,2-8,10H2,1H3,(H,18,19)(H,20,21). The van der Waals surface area contributed by atoms with E-state index >= 15 is 0 Å². The van der Waals surface area contributed by atoms with Crippen LogP contribution in [0.15, 0.2) is 23.4 Å². The zero-order chi connectivity index (χ0) is 16.4. The zero-order valence-electron chi connectivity index (χ0n) is 13.0. The summed E-state index contributed by atoms with van der Waals surface area (Å²) in [5.74, 6) is -3.76. The lowest BCUT2D eigenvalue weighted by molar-refractivity contribution is -0.154. The van der Waals surface area contributed by atoms with Crippen LogP contribution in [0.5, 0.6) is 0 Å². The summed E-state index contributed by atoms with van der Waals surface area (Å²) < 4.78 is 0. The number of hydrogen-bond acceptors (Lipinski definition) is 4. The Morgan fingerprint density at radius 1 is 1.14 bits per heavy atom. The molecule has 1 rings (SSSR count). The highest BCUT2D eigenvalue weighted by Crippen LogP contribution is 2.23. The number of hydrogen-bond donors (Lipinski definition) is 3. The van der Waals surface area contributed by atoms with E-state index in [1.54, 1.807) is 7.11 Å². The van der Waals surface area contributed by atoms with Crippen molar-refractivity contribution in [1.82, 2.24) is 5.48 Å². The second-order valence-electron chi connectivity index (χ2n) is 5.42. The highest BCUT2D eigenvalue weighted by Gasteiger charge is 2.24. The summed E-state index contributed by atoms with van der Waals surface area (Å²) in [5, 5.41) is 17.5. The second kappa shape index (κ2) is 10.00. The number of allylic oxidation sites excluding steroid dienone is 3. The zero-order valence-corrected chi connectivity index (χ0v) is 13.0. The van der Waals surface area contributed by atoms with Crippen LogP contribution in [0.1, 0.15) is 51.4 Å². The van der Waals surface area contributed by atoms with Crippen molar-refractivity contribution < 1.29 is 24.6 Å². The number of carboxylic acids is 2. The van der Waals surface area contributed by atoms with Gasteiger partial charge in [-0.25, -0.2) is 0 Å². The van der Waals surface area contributed by atoms with Crippen molar-refractivity contribution in [3.8, 4) is 0 Å². The largest absolute Gasteiger partial charge is 0.481 e. The third-order valence-corrected chi connectivity index (χ3v) is 3.78. The Hall–Kier alpha value is -1.82. The van der Waals surface area contributed by atoms with Gasteiger partial charge < -0.3 is 10.2 Å². The summed E-state index contributed by atoms with van der Waals surface area (Å²) in [4.78, 5) is 26.4. The number of nitrogens with one attached hydrogen (secondary N) is 1. The monoisotopic (exact) mass is 311 g/mol. The predicted octanol–water partition coefficient (Wildman–Crippen LogP) is 2.87. The van der Waals surface area contributed by atoms with Gasteiger partial charge in [0.05, 0.1) is 12.8 Å². The minimum absolute atomic E-state index is 0.209. The van der Waals surface area contributed by atoms with Gasteiger partial charge in [-0.15, -0.1) is 0 Å². The molecule has 1 aliphatic rings. The number of carbonyl (C=O) groups is 2. The lowest BCUT2D eigenvalue weighted by atomic mass is 10.00. The van der Waals surface area contributed by atoms with E-state index in [1.807, 2.05) is 0 Å². The van der Waals surface area contributed by atoms with Crippen LogP contribution in [0.4, 0.5) is 0 Å². The van der Waals surface area contributed by atoms with Crippen LogP contribution in [0, 0.1) is 5.92 Å². The third kappa shape index (κ3) is 6.30. The Kier molecular flexibility index (Phi) is 8.28. The van der Waals surface area contributed by atoms with E-state index in [0.717, 1.165) is 44.2 Å². The lowest BCUT2D eigenvalue weighted by Crippen LogP contribution is -2.23. The molecule has 1 aliphatic carbocycles. The van der Waals surface area contributed by atoms with Crippen LogP contribution in [0.25, 0.3) is 0 Å². The van der Waals surface area contributed by atoms with Crippen molar-refractivity contribution >= 4 is 11.9 Å². The number of carboxylic acid groups (broad SMARTS) is 2. The summed E-state index contributed by atoms with van der Waals surface area (Å²) in [7, 11) is 1.60. The van der Waals surface area contributed by atoms with Gasteiger partial charge in [-0.1, -0.05) is 37.8 Å². The Bertz CT molecular complexity index is 428. The average Bonchev–Trinajstić information content (AvgIpc) is 2.88. The van der Waals surface area contributed by atoms with Gasteiger partial charge in [-0.05, 0) is 31.3 Å². The van der Waals surface area contributed by atoms with Gasteiger partial charge in [0.1, 0.15) is 0 Å². The molecule has 6 nitrogen and oxygen atoms in total. The first-order valence-electron chi connectivity index (χ1n) is 7.70. The first-order chi connectivity index (χ1) is 10.6. The molecule has 6 heteroatoms. The van der Waals surface area contributed by atoms with Crippen molar-refractivity contribution in [3.63, 3.8) is 0 Å². The first-order valence-corrected chi connectivity index (χ1v) is 7.70. The highest BCUT2D eigenvalue weighted by molar-refractivity contribution is 5.92. The summed E-state index contributed by atoms with van der Waals surface area (Å²) in [5.41, 5.74) is 5.20.